The highest BCUT2D eigenvalue weighted by atomic mass is 35.5. The first kappa shape index (κ1) is 14.0. The number of nitrogens with two attached hydrogens (primary N) is 1. The van der Waals surface area contributed by atoms with Gasteiger partial charge in [0.2, 0.25) is 5.89 Å². The molecule has 6 heteroatoms. The zero-order valence-electron chi connectivity index (χ0n) is 10.6. The quantitative estimate of drug-likeness (QED) is 0.916. The van der Waals surface area contributed by atoms with Gasteiger partial charge in [-0.2, -0.15) is 4.98 Å². The zero-order valence-corrected chi connectivity index (χ0v) is 11.3. The average molecular weight is 284 g/mol. The standard InChI is InChI=1S/C13H15ClFN3O/c1-2-10(16)7-13-17-12(18-19-13)5-8-3-4-9(15)6-11(8)14/h3-4,6,10H,2,5,7,16H2,1H3. The molecular weight excluding hydrogens is 269 g/mol. The van der Waals surface area contributed by atoms with Crippen molar-refractivity contribution in [3.63, 3.8) is 0 Å². The molecule has 1 unspecified atom stereocenters. The van der Waals surface area contributed by atoms with Crippen LogP contribution in [-0.4, -0.2) is 16.2 Å². The molecule has 102 valence electrons. The molecule has 4 nitrogen and oxygen atoms in total. The molecule has 0 saturated heterocycles. The highest BCUT2D eigenvalue weighted by Gasteiger charge is 2.12. The van der Waals surface area contributed by atoms with Gasteiger partial charge < -0.3 is 10.3 Å². The van der Waals surface area contributed by atoms with Crippen LogP contribution in [0.25, 0.3) is 0 Å². The molecule has 2 aromatic rings. The Morgan fingerprint density at radius 2 is 2.26 bits per heavy atom. The van der Waals surface area contributed by atoms with Crippen molar-refractivity contribution in [1.29, 1.82) is 0 Å². The van der Waals surface area contributed by atoms with E-state index >= 15 is 0 Å². The summed E-state index contributed by atoms with van der Waals surface area (Å²) in [4.78, 5) is 4.25. The molecule has 1 heterocycles. The minimum absolute atomic E-state index is 0.0164. The minimum Gasteiger partial charge on any atom is -0.339 e. The van der Waals surface area contributed by atoms with Crippen molar-refractivity contribution < 1.29 is 8.91 Å². The van der Waals surface area contributed by atoms with Crippen LogP contribution in [0.4, 0.5) is 4.39 Å². The minimum atomic E-state index is -0.364. The van der Waals surface area contributed by atoms with Crippen molar-refractivity contribution in [2.45, 2.75) is 32.2 Å². The fourth-order valence-electron chi connectivity index (χ4n) is 1.65. The van der Waals surface area contributed by atoms with Crippen molar-refractivity contribution in [2.24, 2.45) is 5.73 Å². The lowest BCUT2D eigenvalue weighted by atomic mass is 10.1. The number of hydrogen-bond acceptors (Lipinski definition) is 4. The van der Waals surface area contributed by atoms with E-state index in [4.69, 9.17) is 21.9 Å². The van der Waals surface area contributed by atoms with Crippen LogP contribution in [0.3, 0.4) is 0 Å². The van der Waals surface area contributed by atoms with Gasteiger partial charge in [0.05, 0.1) is 0 Å². The van der Waals surface area contributed by atoms with Crippen LogP contribution in [0.1, 0.15) is 30.6 Å². The third-order valence-corrected chi connectivity index (χ3v) is 3.19. The first-order chi connectivity index (χ1) is 9.08. The summed E-state index contributed by atoms with van der Waals surface area (Å²) in [5, 5.41) is 4.23. The van der Waals surface area contributed by atoms with Crippen LogP contribution in [0.15, 0.2) is 22.7 Å². The molecule has 0 radical (unpaired) electrons. The third kappa shape index (κ3) is 3.75. The van der Waals surface area contributed by atoms with E-state index in [1.54, 1.807) is 6.07 Å². The maximum Gasteiger partial charge on any atom is 0.228 e. The molecule has 0 aliphatic heterocycles. The summed E-state index contributed by atoms with van der Waals surface area (Å²) in [5.41, 5.74) is 6.58. The highest BCUT2D eigenvalue weighted by molar-refractivity contribution is 6.31. The fraction of sp³-hybridized carbons (Fsp3) is 0.385. The van der Waals surface area contributed by atoms with E-state index in [1.165, 1.54) is 12.1 Å². The lowest BCUT2D eigenvalue weighted by molar-refractivity contribution is 0.363. The van der Waals surface area contributed by atoms with Gasteiger partial charge in [0.25, 0.3) is 0 Å². The van der Waals surface area contributed by atoms with Crippen LogP contribution in [0, 0.1) is 5.82 Å². The van der Waals surface area contributed by atoms with Crippen molar-refractivity contribution in [3.05, 3.63) is 46.3 Å². The number of aromatic nitrogens is 2. The summed E-state index contributed by atoms with van der Waals surface area (Å²) in [7, 11) is 0. The molecule has 0 amide bonds. The second-order valence-electron chi connectivity index (χ2n) is 4.39. The van der Waals surface area contributed by atoms with E-state index in [0.717, 1.165) is 12.0 Å². The zero-order chi connectivity index (χ0) is 13.8. The van der Waals surface area contributed by atoms with Gasteiger partial charge in [-0.3, -0.25) is 0 Å². The molecule has 1 aromatic heterocycles. The lowest BCUT2D eigenvalue weighted by Gasteiger charge is -2.02. The average Bonchev–Trinajstić information content (AvgIpc) is 2.80. The maximum absolute atomic E-state index is 12.9. The van der Waals surface area contributed by atoms with Crippen molar-refractivity contribution in [3.8, 4) is 0 Å². The van der Waals surface area contributed by atoms with Crippen molar-refractivity contribution >= 4 is 11.6 Å². The first-order valence-electron chi connectivity index (χ1n) is 6.09. The molecule has 0 bridgehead atoms. The van der Waals surface area contributed by atoms with Crippen molar-refractivity contribution in [2.75, 3.05) is 0 Å². The van der Waals surface area contributed by atoms with Crippen LogP contribution >= 0.6 is 11.6 Å². The molecule has 0 spiro atoms. The predicted octanol–water partition coefficient (Wildman–Crippen LogP) is 2.73. The molecule has 19 heavy (non-hydrogen) atoms. The van der Waals surface area contributed by atoms with Gasteiger partial charge in [0.15, 0.2) is 5.82 Å². The SMILES string of the molecule is CCC(N)Cc1nc(Cc2ccc(F)cc2Cl)no1. The Bertz CT molecular complexity index is 559. The molecular formula is C13H15ClFN3O. The largest absolute Gasteiger partial charge is 0.339 e. The summed E-state index contributed by atoms with van der Waals surface area (Å²) in [5.74, 6) is 0.672. The van der Waals surface area contributed by atoms with Gasteiger partial charge in [-0.1, -0.05) is 29.7 Å². The third-order valence-electron chi connectivity index (χ3n) is 2.84. The topological polar surface area (TPSA) is 64.9 Å². The van der Waals surface area contributed by atoms with Crippen LogP contribution < -0.4 is 5.73 Å². The molecule has 2 rings (SSSR count). The Morgan fingerprint density at radius 3 is 2.95 bits per heavy atom. The van der Waals surface area contributed by atoms with Gasteiger partial charge >= 0.3 is 0 Å². The van der Waals surface area contributed by atoms with E-state index in [9.17, 15) is 4.39 Å². The van der Waals surface area contributed by atoms with Gasteiger partial charge in [-0.05, 0) is 24.1 Å². The van der Waals surface area contributed by atoms with Gasteiger partial charge in [-0.15, -0.1) is 0 Å². The summed E-state index contributed by atoms with van der Waals surface area (Å²) in [6, 6.07) is 4.26. The monoisotopic (exact) mass is 283 g/mol. The Balaban J connectivity index is 2.07. The fourth-order valence-corrected chi connectivity index (χ4v) is 1.88. The van der Waals surface area contributed by atoms with E-state index in [0.29, 0.717) is 29.6 Å². The molecule has 0 aliphatic rings. The highest BCUT2D eigenvalue weighted by Crippen LogP contribution is 2.19. The van der Waals surface area contributed by atoms with Crippen LogP contribution in [-0.2, 0) is 12.8 Å². The Labute approximate surface area is 115 Å². The van der Waals surface area contributed by atoms with Crippen molar-refractivity contribution in [1.82, 2.24) is 10.1 Å². The normalized spacial score (nSPS) is 12.6. The maximum atomic E-state index is 12.9. The molecule has 1 atom stereocenters. The summed E-state index contributed by atoms with van der Waals surface area (Å²) in [6.45, 7) is 2.00. The number of rotatable bonds is 5. The van der Waals surface area contributed by atoms with E-state index < -0.39 is 0 Å². The van der Waals surface area contributed by atoms with Crippen LogP contribution in [0.2, 0.25) is 5.02 Å². The Kier molecular flexibility index (Phi) is 4.50. The van der Waals surface area contributed by atoms with Crippen LogP contribution in [0.5, 0.6) is 0 Å². The smallest absolute Gasteiger partial charge is 0.228 e. The molecule has 0 saturated carbocycles. The second kappa shape index (κ2) is 6.12. The van der Waals surface area contributed by atoms with Gasteiger partial charge in [-0.25, -0.2) is 4.39 Å². The lowest BCUT2D eigenvalue weighted by Crippen LogP contribution is -2.21. The molecule has 1 aromatic carbocycles. The summed E-state index contributed by atoms with van der Waals surface area (Å²) in [6.07, 6.45) is 1.81. The number of benzene rings is 1. The number of nitrogens with zero attached hydrogens (tertiary/aromatic N) is 2. The molecule has 2 N–H and O–H groups in total. The summed E-state index contributed by atoms with van der Waals surface area (Å²) < 4.78 is 18.0. The molecule has 0 fully saturated rings. The van der Waals surface area contributed by atoms with Gasteiger partial charge in [0.1, 0.15) is 5.82 Å². The predicted molar refractivity (Wildman–Crippen MR) is 70.5 cm³/mol. The Morgan fingerprint density at radius 1 is 1.47 bits per heavy atom. The number of halogens is 2. The number of hydrogen-bond donors (Lipinski definition) is 1. The first-order valence-corrected chi connectivity index (χ1v) is 6.47. The Hall–Kier alpha value is -1.46. The van der Waals surface area contributed by atoms with Gasteiger partial charge in [0, 0.05) is 23.9 Å². The van der Waals surface area contributed by atoms with E-state index in [2.05, 4.69) is 10.1 Å². The van der Waals surface area contributed by atoms with E-state index in [1.807, 2.05) is 6.92 Å². The second-order valence-corrected chi connectivity index (χ2v) is 4.80. The van der Waals surface area contributed by atoms with E-state index in [-0.39, 0.29) is 11.9 Å². The molecule has 0 aliphatic carbocycles. The summed E-state index contributed by atoms with van der Waals surface area (Å²) >= 11 is 5.95.